The summed E-state index contributed by atoms with van der Waals surface area (Å²) in [6.07, 6.45) is 2.54. The van der Waals surface area contributed by atoms with Crippen LogP contribution in [-0.4, -0.2) is 21.8 Å². The third-order valence-electron chi connectivity index (χ3n) is 2.60. The molecule has 0 saturated carbocycles. The Labute approximate surface area is 104 Å². The highest BCUT2D eigenvalue weighted by Gasteiger charge is 2.09. The van der Waals surface area contributed by atoms with Crippen LogP contribution < -0.4 is 0 Å². The van der Waals surface area contributed by atoms with Gasteiger partial charge < -0.3 is 10.2 Å². The second kappa shape index (κ2) is 5.29. The monoisotopic (exact) mass is 249 g/mol. The lowest BCUT2D eigenvalue weighted by atomic mass is 10.1. The lowest BCUT2D eigenvalue weighted by molar-refractivity contribution is 0.274. The summed E-state index contributed by atoms with van der Waals surface area (Å²) < 4.78 is 0. The van der Waals surface area contributed by atoms with Gasteiger partial charge in [-0.1, -0.05) is 19.1 Å². The summed E-state index contributed by atoms with van der Waals surface area (Å²) in [7, 11) is 0. The van der Waals surface area contributed by atoms with Crippen molar-refractivity contribution >= 4 is 11.3 Å². The van der Waals surface area contributed by atoms with Crippen LogP contribution in [0.25, 0.3) is 0 Å². The molecule has 0 fully saturated rings. The summed E-state index contributed by atoms with van der Waals surface area (Å²) in [5.41, 5.74) is 1.04. The molecule has 17 heavy (non-hydrogen) atoms. The number of thiazole rings is 1. The minimum Gasteiger partial charge on any atom is -0.508 e. The van der Waals surface area contributed by atoms with E-state index in [4.69, 9.17) is 5.11 Å². The van der Waals surface area contributed by atoms with Gasteiger partial charge in [0.05, 0.1) is 11.6 Å². The molecule has 0 radical (unpaired) electrons. The zero-order valence-electron chi connectivity index (χ0n) is 9.63. The highest BCUT2D eigenvalue weighted by atomic mass is 32.1. The number of aliphatic hydroxyl groups is 1. The van der Waals surface area contributed by atoms with Crippen LogP contribution in [0.5, 0.6) is 5.75 Å². The van der Waals surface area contributed by atoms with E-state index >= 15 is 0 Å². The molecule has 2 N–H and O–H groups in total. The number of nitrogens with zero attached hydrogens (tertiary/aromatic N) is 1. The number of hydrogen-bond acceptors (Lipinski definition) is 4. The first-order valence-corrected chi connectivity index (χ1v) is 6.34. The Morgan fingerprint density at radius 1 is 1.41 bits per heavy atom. The third kappa shape index (κ3) is 3.05. The first kappa shape index (κ1) is 12.1. The quantitative estimate of drug-likeness (QED) is 0.875. The van der Waals surface area contributed by atoms with Crippen molar-refractivity contribution < 1.29 is 10.2 Å². The predicted octanol–water partition coefficient (Wildman–Crippen LogP) is 2.54. The van der Waals surface area contributed by atoms with Crippen molar-refractivity contribution in [3.8, 4) is 5.75 Å². The lowest BCUT2D eigenvalue weighted by Crippen LogP contribution is -1.94. The van der Waals surface area contributed by atoms with E-state index in [1.165, 1.54) is 0 Å². The fourth-order valence-electron chi connectivity index (χ4n) is 1.56. The van der Waals surface area contributed by atoms with Crippen molar-refractivity contribution in [1.82, 2.24) is 4.98 Å². The van der Waals surface area contributed by atoms with Crippen molar-refractivity contribution in [3.05, 3.63) is 45.9 Å². The molecule has 0 saturated heterocycles. The molecule has 1 heterocycles. The van der Waals surface area contributed by atoms with E-state index in [0.29, 0.717) is 0 Å². The summed E-state index contributed by atoms with van der Waals surface area (Å²) in [6, 6.07) is 7.20. The van der Waals surface area contributed by atoms with Crippen LogP contribution in [0, 0.1) is 0 Å². The number of benzene rings is 1. The maximum atomic E-state index is 9.37. The van der Waals surface area contributed by atoms with E-state index in [2.05, 4.69) is 4.98 Å². The molecule has 1 aromatic heterocycles. The molecule has 3 nitrogen and oxygen atoms in total. The van der Waals surface area contributed by atoms with E-state index in [-0.39, 0.29) is 18.3 Å². The standard InChI is InChI=1S/C13H15NO2S/c1-9(8-15)12-7-14-13(17-12)6-10-3-2-4-11(16)5-10/h2-5,7,9,15-16H,6,8H2,1H3. The van der Waals surface area contributed by atoms with E-state index in [9.17, 15) is 5.11 Å². The topological polar surface area (TPSA) is 53.4 Å². The Morgan fingerprint density at radius 2 is 2.24 bits per heavy atom. The first-order valence-electron chi connectivity index (χ1n) is 5.52. The van der Waals surface area contributed by atoms with Crippen LogP contribution in [0.15, 0.2) is 30.5 Å². The van der Waals surface area contributed by atoms with E-state index < -0.39 is 0 Å². The third-order valence-corrected chi connectivity index (χ3v) is 3.83. The van der Waals surface area contributed by atoms with Crippen LogP contribution in [0.4, 0.5) is 0 Å². The molecule has 0 aliphatic carbocycles. The number of rotatable bonds is 4. The fraction of sp³-hybridized carbons (Fsp3) is 0.308. The van der Waals surface area contributed by atoms with Gasteiger partial charge in [0.15, 0.2) is 0 Å². The molecule has 4 heteroatoms. The molecule has 0 amide bonds. The van der Waals surface area contributed by atoms with Gasteiger partial charge in [-0.3, -0.25) is 0 Å². The molecule has 2 rings (SSSR count). The van der Waals surface area contributed by atoms with E-state index in [0.717, 1.165) is 21.9 Å². The van der Waals surface area contributed by atoms with Gasteiger partial charge in [0.1, 0.15) is 5.75 Å². The smallest absolute Gasteiger partial charge is 0.115 e. The zero-order valence-corrected chi connectivity index (χ0v) is 10.4. The average Bonchev–Trinajstić information content (AvgIpc) is 2.76. The number of aromatic nitrogens is 1. The van der Waals surface area contributed by atoms with E-state index in [1.54, 1.807) is 23.5 Å². The molecule has 1 unspecified atom stereocenters. The lowest BCUT2D eigenvalue weighted by Gasteiger charge is -2.01. The molecule has 90 valence electrons. The van der Waals surface area contributed by atoms with Crippen LogP contribution in [0.3, 0.4) is 0 Å². The Kier molecular flexibility index (Phi) is 3.76. The normalized spacial score (nSPS) is 12.6. The Hall–Kier alpha value is -1.39. The minimum atomic E-state index is 0.144. The number of aromatic hydroxyl groups is 1. The summed E-state index contributed by atoms with van der Waals surface area (Å²) in [6.45, 7) is 2.12. The largest absolute Gasteiger partial charge is 0.508 e. The number of hydrogen-bond donors (Lipinski definition) is 2. The molecule has 0 aliphatic rings. The van der Waals surface area contributed by atoms with Gasteiger partial charge in [-0.15, -0.1) is 11.3 Å². The van der Waals surface area contributed by atoms with Gasteiger partial charge in [-0.2, -0.15) is 0 Å². The molecular weight excluding hydrogens is 234 g/mol. The maximum Gasteiger partial charge on any atom is 0.115 e. The van der Waals surface area contributed by atoms with Gasteiger partial charge in [-0.25, -0.2) is 4.98 Å². The second-order valence-corrected chi connectivity index (χ2v) is 5.23. The van der Waals surface area contributed by atoms with Gasteiger partial charge in [-0.05, 0) is 17.7 Å². The number of phenolic OH excluding ortho intramolecular Hbond substituents is 1. The zero-order chi connectivity index (χ0) is 12.3. The molecule has 1 atom stereocenters. The maximum absolute atomic E-state index is 9.37. The molecule has 0 spiro atoms. The van der Waals surface area contributed by atoms with Gasteiger partial charge in [0, 0.05) is 23.4 Å². The van der Waals surface area contributed by atoms with Crippen LogP contribution in [0.1, 0.15) is 28.3 Å². The highest BCUT2D eigenvalue weighted by molar-refractivity contribution is 7.11. The molecule has 0 bridgehead atoms. The van der Waals surface area contributed by atoms with Crippen LogP contribution >= 0.6 is 11.3 Å². The summed E-state index contributed by atoms with van der Waals surface area (Å²) in [5, 5.41) is 19.4. The first-order chi connectivity index (χ1) is 8.19. The van der Waals surface area contributed by atoms with Gasteiger partial charge in [0.25, 0.3) is 0 Å². The number of aliphatic hydroxyl groups excluding tert-OH is 1. The van der Waals surface area contributed by atoms with E-state index in [1.807, 2.05) is 25.3 Å². The molecule has 0 aliphatic heterocycles. The minimum absolute atomic E-state index is 0.144. The van der Waals surface area contributed by atoms with Crippen molar-refractivity contribution in [2.24, 2.45) is 0 Å². The summed E-state index contributed by atoms with van der Waals surface area (Å²) in [5.74, 6) is 0.424. The molecular formula is C13H15NO2S. The number of phenols is 1. The highest BCUT2D eigenvalue weighted by Crippen LogP contribution is 2.24. The predicted molar refractivity (Wildman–Crippen MR) is 68.5 cm³/mol. The second-order valence-electron chi connectivity index (χ2n) is 4.09. The molecule has 1 aromatic carbocycles. The van der Waals surface area contributed by atoms with Crippen molar-refractivity contribution in [2.75, 3.05) is 6.61 Å². The SMILES string of the molecule is CC(CO)c1cnc(Cc2cccc(O)c2)s1. The van der Waals surface area contributed by atoms with Crippen molar-refractivity contribution in [1.29, 1.82) is 0 Å². The average molecular weight is 249 g/mol. The summed E-state index contributed by atoms with van der Waals surface area (Å²) >= 11 is 1.61. The Bertz CT molecular complexity index is 496. The van der Waals surface area contributed by atoms with Crippen molar-refractivity contribution in [3.63, 3.8) is 0 Å². The van der Waals surface area contributed by atoms with Gasteiger partial charge in [0.2, 0.25) is 0 Å². The summed E-state index contributed by atoms with van der Waals surface area (Å²) in [4.78, 5) is 5.44. The Morgan fingerprint density at radius 3 is 2.94 bits per heavy atom. The fourth-order valence-corrected chi connectivity index (χ4v) is 2.56. The molecule has 2 aromatic rings. The Balaban J connectivity index is 2.11. The van der Waals surface area contributed by atoms with Gasteiger partial charge >= 0.3 is 0 Å². The van der Waals surface area contributed by atoms with Crippen LogP contribution in [-0.2, 0) is 6.42 Å². The van der Waals surface area contributed by atoms with Crippen molar-refractivity contribution in [2.45, 2.75) is 19.3 Å². The van der Waals surface area contributed by atoms with Crippen LogP contribution in [0.2, 0.25) is 0 Å².